The van der Waals surface area contributed by atoms with E-state index in [2.05, 4.69) is 16.0 Å². The number of nitrogens with one attached hydrogen (secondary N) is 1. The van der Waals surface area contributed by atoms with E-state index in [9.17, 15) is 0 Å². The first-order chi connectivity index (χ1) is 4.47. The summed E-state index contributed by atoms with van der Waals surface area (Å²) in [6.07, 6.45) is 3.58. The average molecular weight is 301 g/mol. The third-order valence-electron chi connectivity index (χ3n) is 1.24. The Morgan fingerprint density at radius 2 is 2.40 bits per heavy atom. The molecule has 50 valence electrons. The van der Waals surface area contributed by atoms with Gasteiger partial charge in [0.05, 0.1) is 0 Å². The number of pyridine rings is 1. The topological polar surface area (TPSA) is 28.7 Å². The molecular weight excluding hydrogens is 296 g/mol. The van der Waals surface area contributed by atoms with Gasteiger partial charge in [-0.25, -0.2) is 0 Å². The first-order valence-electron chi connectivity index (χ1n) is 2.76. The van der Waals surface area contributed by atoms with Crippen LogP contribution in [0.4, 0.5) is 0 Å². The molecule has 0 unspecified atom stereocenters. The minimum absolute atomic E-state index is 0. The summed E-state index contributed by atoms with van der Waals surface area (Å²) in [5.74, 6) is 0. The summed E-state index contributed by atoms with van der Waals surface area (Å²) < 4.78 is 0. The van der Waals surface area contributed by atoms with E-state index in [1.165, 1.54) is 0 Å². The SMILES string of the molecule is [W].[c-]1ccnc2[nH]ccc12. The second-order valence-corrected chi connectivity index (χ2v) is 1.83. The van der Waals surface area contributed by atoms with Gasteiger partial charge in [0.2, 0.25) is 0 Å². The summed E-state index contributed by atoms with van der Waals surface area (Å²) in [4.78, 5) is 7.03. The molecule has 0 saturated carbocycles. The van der Waals surface area contributed by atoms with Crippen molar-refractivity contribution in [1.82, 2.24) is 9.97 Å². The fourth-order valence-corrected chi connectivity index (χ4v) is 0.823. The number of H-pyrrole nitrogens is 1. The Bertz CT molecular complexity index is 286. The normalized spacial score (nSPS) is 9.20. The zero-order valence-electron chi connectivity index (χ0n) is 5.16. The molecule has 0 aliphatic heterocycles. The molecule has 2 rings (SSSR count). The molecule has 0 fully saturated rings. The summed E-state index contributed by atoms with van der Waals surface area (Å²) in [5, 5.41) is 1.04. The molecule has 0 saturated heterocycles. The van der Waals surface area contributed by atoms with Crippen LogP contribution >= 0.6 is 0 Å². The van der Waals surface area contributed by atoms with Gasteiger partial charge in [-0.3, -0.25) is 0 Å². The summed E-state index contributed by atoms with van der Waals surface area (Å²) >= 11 is 0. The molecule has 2 aromatic heterocycles. The van der Waals surface area contributed by atoms with E-state index in [0.717, 1.165) is 11.0 Å². The van der Waals surface area contributed by atoms with Crippen molar-refractivity contribution in [1.29, 1.82) is 0 Å². The Morgan fingerprint density at radius 3 is 3.20 bits per heavy atom. The molecule has 0 radical (unpaired) electrons. The first kappa shape index (κ1) is 7.48. The van der Waals surface area contributed by atoms with Crippen LogP contribution < -0.4 is 0 Å². The van der Waals surface area contributed by atoms with Crippen molar-refractivity contribution >= 4 is 11.0 Å². The Morgan fingerprint density at radius 1 is 1.50 bits per heavy atom. The van der Waals surface area contributed by atoms with Crippen molar-refractivity contribution in [2.75, 3.05) is 0 Å². The van der Waals surface area contributed by atoms with Gasteiger partial charge >= 0.3 is 0 Å². The second kappa shape index (κ2) is 2.98. The maximum absolute atomic E-state index is 4.05. The van der Waals surface area contributed by atoms with E-state index in [4.69, 9.17) is 0 Å². The number of aromatic nitrogens is 2. The molecule has 0 atom stereocenters. The maximum atomic E-state index is 4.05. The van der Waals surface area contributed by atoms with Crippen LogP contribution in [-0.2, 0) is 21.1 Å². The number of nitrogens with zero attached hydrogens (tertiary/aromatic N) is 1. The molecule has 0 aliphatic carbocycles. The van der Waals surface area contributed by atoms with Crippen molar-refractivity contribution in [3.63, 3.8) is 0 Å². The standard InChI is InChI=1S/C7H5N2.W/c1-2-6-3-5-9-7(6)8-4-1;/h1,3-5H,(H,8,9);/q-1;. The van der Waals surface area contributed by atoms with E-state index in [1.807, 2.05) is 12.3 Å². The van der Waals surface area contributed by atoms with Crippen molar-refractivity contribution in [2.45, 2.75) is 0 Å². The summed E-state index contributed by atoms with van der Waals surface area (Å²) in [6, 6.07) is 6.79. The molecule has 1 N–H and O–H groups in total. The third-order valence-corrected chi connectivity index (χ3v) is 1.24. The summed E-state index contributed by atoms with van der Waals surface area (Å²) in [5.41, 5.74) is 0.900. The second-order valence-electron chi connectivity index (χ2n) is 1.83. The molecule has 0 bridgehead atoms. The van der Waals surface area contributed by atoms with Crippen molar-refractivity contribution < 1.29 is 21.1 Å². The van der Waals surface area contributed by atoms with Gasteiger partial charge in [-0.15, -0.1) is 23.6 Å². The zero-order chi connectivity index (χ0) is 6.10. The van der Waals surface area contributed by atoms with Gasteiger partial charge in [0.15, 0.2) is 0 Å². The Labute approximate surface area is 72.9 Å². The molecule has 2 heterocycles. The van der Waals surface area contributed by atoms with Gasteiger partial charge in [0.1, 0.15) is 0 Å². The molecule has 2 aromatic rings. The number of fused-ring (bicyclic) bond motifs is 1. The third kappa shape index (κ3) is 1.12. The minimum atomic E-state index is 0. The monoisotopic (exact) mass is 301 g/mol. The first-order valence-corrected chi connectivity index (χ1v) is 2.76. The molecule has 3 heteroatoms. The van der Waals surface area contributed by atoms with E-state index >= 15 is 0 Å². The quantitative estimate of drug-likeness (QED) is 0.731. The van der Waals surface area contributed by atoms with Crippen molar-refractivity contribution in [3.05, 3.63) is 30.6 Å². The molecular formula is C7H5N2W-. The average Bonchev–Trinajstić information content (AvgIpc) is 2.33. The summed E-state index contributed by atoms with van der Waals surface area (Å²) in [7, 11) is 0. The molecule has 0 amide bonds. The smallest absolute Gasteiger partial charge is 0.0422 e. The Balaban J connectivity index is 0.000000500. The maximum Gasteiger partial charge on any atom is 0.0422 e. The largest absolute Gasteiger partial charge is 0.394 e. The van der Waals surface area contributed by atoms with E-state index in [1.54, 1.807) is 12.3 Å². The van der Waals surface area contributed by atoms with Crippen molar-refractivity contribution in [2.24, 2.45) is 0 Å². The van der Waals surface area contributed by atoms with Crippen LogP contribution in [0.5, 0.6) is 0 Å². The Hall–Kier alpha value is -0.622. The number of hydrogen-bond donors (Lipinski definition) is 1. The molecule has 0 spiro atoms. The fourth-order valence-electron chi connectivity index (χ4n) is 0.823. The van der Waals surface area contributed by atoms with Gasteiger partial charge < -0.3 is 9.97 Å². The number of hydrogen-bond acceptors (Lipinski definition) is 1. The molecule has 10 heavy (non-hydrogen) atoms. The van der Waals surface area contributed by atoms with Crippen LogP contribution in [0.2, 0.25) is 0 Å². The van der Waals surface area contributed by atoms with Crippen LogP contribution in [0.15, 0.2) is 24.5 Å². The van der Waals surface area contributed by atoms with E-state index in [-0.39, 0.29) is 21.1 Å². The molecule has 2 nitrogen and oxygen atoms in total. The molecule has 0 aromatic carbocycles. The van der Waals surface area contributed by atoms with Crippen LogP contribution in [0.3, 0.4) is 0 Å². The Kier molecular flexibility index (Phi) is 2.23. The van der Waals surface area contributed by atoms with Gasteiger partial charge in [0.25, 0.3) is 0 Å². The van der Waals surface area contributed by atoms with E-state index < -0.39 is 0 Å². The van der Waals surface area contributed by atoms with Crippen LogP contribution in [-0.4, -0.2) is 9.97 Å². The van der Waals surface area contributed by atoms with Gasteiger partial charge in [-0.2, -0.15) is 0 Å². The predicted octanol–water partition coefficient (Wildman–Crippen LogP) is 1.36. The van der Waals surface area contributed by atoms with Crippen LogP contribution in [0.25, 0.3) is 11.0 Å². The van der Waals surface area contributed by atoms with E-state index in [0.29, 0.717) is 0 Å². The minimum Gasteiger partial charge on any atom is -0.394 e. The van der Waals surface area contributed by atoms with Crippen molar-refractivity contribution in [3.8, 4) is 0 Å². The summed E-state index contributed by atoms with van der Waals surface area (Å²) in [6.45, 7) is 0. The number of rotatable bonds is 0. The predicted molar refractivity (Wildman–Crippen MR) is 34.9 cm³/mol. The van der Waals surface area contributed by atoms with Gasteiger partial charge in [-0.05, 0) is 6.20 Å². The van der Waals surface area contributed by atoms with Crippen LogP contribution in [0, 0.1) is 6.07 Å². The van der Waals surface area contributed by atoms with Gasteiger partial charge in [-0.1, -0.05) is 6.20 Å². The molecule has 0 aliphatic rings. The fraction of sp³-hybridized carbons (Fsp3) is 0. The zero-order valence-corrected chi connectivity index (χ0v) is 8.10. The number of aromatic amines is 1. The van der Waals surface area contributed by atoms with Gasteiger partial charge in [0, 0.05) is 26.7 Å². The van der Waals surface area contributed by atoms with Crippen LogP contribution in [0.1, 0.15) is 0 Å².